The Kier molecular flexibility index (Phi) is 3.31. The molecule has 1 aliphatic rings. The van der Waals surface area contributed by atoms with Crippen molar-refractivity contribution in [3.63, 3.8) is 0 Å². The molecule has 0 aromatic heterocycles. The Morgan fingerprint density at radius 1 is 1.39 bits per heavy atom. The third-order valence-corrected chi connectivity index (χ3v) is 2.70. The Morgan fingerprint density at radius 2 is 2.17 bits per heavy atom. The zero-order chi connectivity index (χ0) is 13.0. The molecular weight excluding hydrogens is 230 g/mol. The van der Waals surface area contributed by atoms with E-state index in [1.165, 1.54) is 0 Å². The molecule has 1 heterocycles. The van der Waals surface area contributed by atoms with Crippen LogP contribution in [0.3, 0.4) is 0 Å². The predicted molar refractivity (Wildman–Crippen MR) is 67.2 cm³/mol. The van der Waals surface area contributed by atoms with Crippen molar-refractivity contribution in [2.75, 3.05) is 17.3 Å². The van der Waals surface area contributed by atoms with Gasteiger partial charge in [-0.3, -0.25) is 5.43 Å². The van der Waals surface area contributed by atoms with Crippen molar-refractivity contribution in [1.82, 2.24) is 0 Å². The van der Waals surface area contributed by atoms with Crippen molar-refractivity contribution in [1.29, 1.82) is 10.5 Å². The Morgan fingerprint density at radius 3 is 2.89 bits per heavy atom. The first-order valence-corrected chi connectivity index (χ1v) is 5.49. The van der Waals surface area contributed by atoms with Crippen LogP contribution in [0, 0.1) is 22.7 Å². The van der Waals surface area contributed by atoms with E-state index in [4.69, 9.17) is 10.5 Å². The van der Waals surface area contributed by atoms with Crippen molar-refractivity contribution in [2.24, 2.45) is 5.10 Å². The van der Waals surface area contributed by atoms with Crippen LogP contribution in [0.1, 0.15) is 12.0 Å². The highest BCUT2D eigenvalue weighted by Gasteiger charge is 2.16. The summed E-state index contributed by atoms with van der Waals surface area (Å²) in [5.74, 6) is 0.194. The third-order valence-electron chi connectivity index (χ3n) is 2.70. The lowest BCUT2D eigenvalue weighted by Gasteiger charge is -2.21. The molecule has 18 heavy (non-hydrogen) atoms. The van der Waals surface area contributed by atoms with Crippen LogP contribution in [-0.2, 0) is 6.42 Å². The summed E-state index contributed by atoms with van der Waals surface area (Å²) in [4.78, 5) is 0. The number of fused-ring (bicyclic) bond motifs is 1. The monoisotopic (exact) mass is 241 g/mol. The van der Waals surface area contributed by atoms with E-state index in [1.54, 1.807) is 24.3 Å². The van der Waals surface area contributed by atoms with Crippen molar-refractivity contribution in [2.45, 2.75) is 12.8 Å². The van der Waals surface area contributed by atoms with E-state index in [-0.39, 0.29) is 11.5 Å². The molecule has 3 N–H and O–H groups in total. The third kappa shape index (κ3) is 2.18. The lowest BCUT2D eigenvalue weighted by atomic mass is 10.0. The van der Waals surface area contributed by atoms with Crippen LogP contribution in [0.4, 0.5) is 11.4 Å². The van der Waals surface area contributed by atoms with Gasteiger partial charge < -0.3 is 10.4 Å². The van der Waals surface area contributed by atoms with Gasteiger partial charge in [-0.2, -0.15) is 15.6 Å². The van der Waals surface area contributed by atoms with Crippen molar-refractivity contribution in [3.05, 3.63) is 17.7 Å². The number of phenols is 1. The van der Waals surface area contributed by atoms with Gasteiger partial charge in [0.05, 0.1) is 11.4 Å². The van der Waals surface area contributed by atoms with Gasteiger partial charge in [-0.25, -0.2) is 0 Å². The molecule has 1 aromatic carbocycles. The first-order valence-electron chi connectivity index (χ1n) is 5.49. The number of benzene rings is 1. The van der Waals surface area contributed by atoms with E-state index in [0.717, 1.165) is 24.9 Å². The van der Waals surface area contributed by atoms with Crippen LogP contribution in [0.2, 0.25) is 0 Å². The fraction of sp³-hybridized carbons (Fsp3) is 0.250. The summed E-state index contributed by atoms with van der Waals surface area (Å²) in [7, 11) is 0. The van der Waals surface area contributed by atoms with E-state index in [2.05, 4.69) is 15.8 Å². The summed E-state index contributed by atoms with van der Waals surface area (Å²) in [5.41, 5.74) is 4.76. The molecule has 0 aliphatic carbocycles. The number of nitrogens with zero attached hydrogens (tertiary/aromatic N) is 3. The number of anilines is 2. The smallest absolute Gasteiger partial charge is 0.237 e. The van der Waals surface area contributed by atoms with Gasteiger partial charge in [0.1, 0.15) is 17.9 Å². The molecular formula is C12H11N5O. The first-order chi connectivity index (χ1) is 8.76. The normalized spacial score (nSPS) is 12.3. The maximum absolute atomic E-state index is 9.72. The average molecular weight is 241 g/mol. The van der Waals surface area contributed by atoms with Gasteiger partial charge in [0, 0.05) is 12.1 Å². The number of phenolic OH excluding ortho intramolecular Hbond substituents is 1. The molecule has 0 bridgehead atoms. The highest BCUT2D eigenvalue weighted by molar-refractivity contribution is 6.10. The predicted octanol–water partition coefficient (Wildman–Crippen LogP) is 1.57. The van der Waals surface area contributed by atoms with Gasteiger partial charge in [-0.05, 0) is 25.0 Å². The highest BCUT2D eigenvalue weighted by Crippen LogP contribution is 2.36. The van der Waals surface area contributed by atoms with E-state index in [0.29, 0.717) is 11.4 Å². The van der Waals surface area contributed by atoms with Crippen LogP contribution < -0.4 is 10.7 Å². The van der Waals surface area contributed by atoms with Gasteiger partial charge in [-0.1, -0.05) is 0 Å². The number of rotatable bonds is 2. The Balaban J connectivity index is 2.33. The second-order valence-electron chi connectivity index (χ2n) is 3.81. The van der Waals surface area contributed by atoms with Crippen molar-refractivity contribution < 1.29 is 5.11 Å². The Hall–Kier alpha value is -2.73. The molecule has 0 fully saturated rings. The Bertz CT molecular complexity index is 563. The van der Waals surface area contributed by atoms with Crippen LogP contribution in [0.5, 0.6) is 5.75 Å². The number of hydrogen-bond acceptors (Lipinski definition) is 6. The minimum Gasteiger partial charge on any atom is -0.506 e. The summed E-state index contributed by atoms with van der Waals surface area (Å²) >= 11 is 0. The number of nitrogens with one attached hydrogen (secondary N) is 2. The molecule has 2 rings (SSSR count). The van der Waals surface area contributed by atoms with Crippen LogP contribution in [-0.4, -0.2) is 17.4 Å². The summed E-state index contributed by atoms with van der Waals surface area (Å²) in [6.07, 6.45) is 1.77. The maximum atomic E-state index is 9.72. The van der Waals surface area contributed by atoms with Crippen LogP contribution in [0.25, 0.3) is 0 Å². The lowest BCUT2D eigenvalue weighted by molar-refractivity contribution is 0.475. The summed E-state index contributed by atoms with van der Waals surface area (Å²) in [6.45, 7) is 0.814. The minimum absolute atomic E-state index is 0.194. The molecule has 0 saturated heterocycles. The van der Waals surface area contributed by atoms with Crippen LogP contribution in [0.15, 0.2) is 17.2 Å². The number of aromatic hydroxyl groups is 1. The second-order valence-corrected chi connectivity index (χ2v) is 3.81. The summed E-state index contributed by atoms with van der Waals surface area (Å²) < 4.78 is 0. The number of hydrogen-bond donors (Lipinski definition) is 3. The molecule has 1 aliphatic heterocycles. The van der Waals surface area contributed by atoms with Gasteiger partial charge >= 0.3 is 0 Å². The highest BCUT2D eigenvalue weighted by atomic mass is 16.3. The first kappa shape index (κ1) is 11.7. The fourth-order valence-electron chi connectivity index (χ4n) is 1.87. The van der Waals surface area contributed by atoms with Gasteiger partial charge in [-0.15, -0.1) is 0 Å². The molecule has 0 unspecified atom stereocenters. The van der Waals surface area contributed by atoms with Gasteiger partial charge in [0.25, 0.3) is 0 Å². The molecule has 6 heteroatoms. The number of hydrazone groups is 1. The van der Waals surface area contributed by atoms with Gasteiger partial charge in [0.2, 0.25) is 5.71 Å². The zero-order valence-electron chi connectivity index (χ0n) is 9.56. The molecule has 0 saturated carbocycles. The molecule has 0 atom stereocenters. The Labute approximate surface area is 104 Å². The molecule has 90 valence electrons. The van der Waals surface area contributed by atoms with E-state index in [1.807, 2.05) is 0 Å². The van der Waals surface area contributed by atoms with Crippen molar-refractivity contribution >= 4 is 17.1 Å². The SMILES string of the molecule is N#CC(C#N)=NNc1ccc(O)c2c1CCCN2. The molecule has 1 aromatic rings. The zero-order valence-corrected chi connectivity index (χ0v) is 9.56. The molecule has 0 radical (unpaired) electrons. The summed E-state index contributed by atoms with van der Waals surface area (Å²) in [5, 5.41) is 33.7. The quantitative estimate of drug-likeness (QED) is 0.315. The number of nitriles is 2. The van der Waals surface area contributed by atoms with E-state index < -0.39 is 0 Å². The topological polar surface area (TPSA) is 104 Å². The standard InChI is InChI=1S/C12H11N5O/c13-6-8(7-14)16-17-10-3-4-11(18)12-9(10)2-1-5-15-12/h3-4,15,17-18H,1-2,5H2. The fourth-order valence-corrected chi connectivity index (χ4v) is 1.87. The minimum atomic E-state index is -0.236. The molecule has 0 spiro atoms. The van der Waals surface area contributed by atoms with Crippen molar-refractivity contribution in [3.8, 4) is 17.9 Å². The maximum Gasteiger partial charge on any atom is 0.237 e. The second kappa shape index (κ2) is 5.07. The molecule has 6 nitrogen and oxygen atoms in total. The van der Waals surface area contributed by atoms with E-state index >= 15 is 0 Å². The molecule has 0 amide bonds. The summed E-state index contributed by atoms with van der Waals surface area (Å²) in [6, 6.07) is 6.58. The van der Waals surface area contributed by atoms with Crippen LogP contribution >= 0.6 is 0 Å². The lowest BCUT2D eigenvalue weighted by Crippen LogP contribution is -2.13. The van der Waals surface area contributed by atoms with E-state index in [9.17, 15) is 5.11 Å². The van der Waals surface area contributed by atoms with Gasteiger partial charge in [0.15, 0.2) is 0 Å². The largest absolute Gasteiger partial charge is 0.506 e. The average Bonchev–Trinajstić information content (AvgIpc) is 2.42.